The molecule has 1 amide bonds. The summed E-state index contributed by atoms with van der Waals surface area (Å²) in [5.74, 6) is -0.385. The first-order valence-electron chi connectivity index (χ1n) is 7.51. The van der Waals surface area contributed by atoms with Crippen LogP contribution < -0.4 is 10.6 Å². The first kappa shape index (κ1) is 14.4. The Bertz CT molecular complexity index is 751. The van der Waals surface area contributed by atoms with Crippen LogP contribution in [-0.4, -0.2) is 13.0 Å². The maximum atomic E-state index is 11.9. The van der Waals surface area contributed by atoms with E-state index in [0.717, 1.165) is 17.7 Å². The van der Waals surface area contributed by atoms with Crippen LogP contribution in [0.3, 0.4) is 0 Å². The fourth-order valence-corrected chi connectivity index (χ4v) is 3.38. The zero-order valence-corrected chi connectivity index (χ0v) is 12.9. The topological polar surface area (TPSA) is 46.3 Å². The van der Waals surface area contributed by atoms with Crippen molar-refractivity contribution in [1.29, 1.82) is 0 Å². The van der Waals surface area contributed by atoms with Crippen LogP contribution in [0.15, 0.2) is 54.6 Å². The van der Waals surface area contributed by atoms with E-state index >= 15 is 0 Å². The summed E-state index contributed by atoms with van der Waals surface area (Å²) in [4.78, 5) is 14.1. The fourth-order valence-electron chi connectivity index (χ4n) is 3.38. The van der Waals surface area contributed by atoms with Crippen molar-refractivity contribution in [2.75, 3.05) is 11.9 Å². The Kier molecular flexibility index (Phi) is 3.49. The van der Waals surface area contributed by atoms with Gasteiger partial charge in [0.05, 0.1) is 5.54 Å². The van der Waals surface area contributed by atoms with Crippen molar-refractivity contribution in [2.24, 2.45) is 5.73 Å². The van der Waals surface area contributed by atoms with Gasteiger partial charge in [0, 0.05) is 18.3 Å². The molecule has 1 heterocycles. The summed E-state index contributed by atoms with van der Waals surface area (Å²) in [5.41, 5.74) is 9.12. The maximum absolute atomic E-state index is 11.9. The van der Waals surface area contributed by atoms with Crippen molar-refractivity contribution in [3.05, 3.63) is 71.3 Å². The van der Waals surface area contributed by atoms with E-state index in [1.807, 2.05) is 30.3 Å². The van der Waals surface area contributed by atoms with E-state index < -0.39 is 0 Å². The number of nitrogens with zero attached hydrogens (tertiary/aromatic N) is 1. The van der Waals surface area contributed by atoms with Crippen molar-refractivity contribution >= 4 is 17.7 Å². The molecule has 1 aliphatic heterocycles. The standard InChI is InChI=1S/C19H20N2O/c1-3-19(16-10-6-5-9-15(16)18(20)22)13-12-14-8-4-7-11-17(14)21(19)2/h4-13H,3H2,1-2H3,(H2,20,22). The van der Waals surface area contributed by atoms with Crippen LogP contribution in [0, 0.1) is 0 Å². The fraction of sp³-hybridized carbons (Fsp3) is 0.211. The molecule has 0 bridgehead atoms. The Morgan fingerprint density at radius 1 is 1.14 bits per heavy atom. The molecular formula is C19H20N2O. The van der Waals surface area contributed by atoms with Gasteiger partial charge < -0.3 is 10.6 Å². The van der Waals surface area contributed by atoms with Crippen molar-refractivity contribution in [2.45, 2.75) is 18.9 Å². The number of anilines is 1. The molecule has 1 unspecified atom stereocenters. The van der Waals surface area contributed by atoms with Gasteiger partial charge in [0.15, 0.2) is 0 Å². The number of carbonyl (C=O) groups excluding carboxylic acids is 1. The summed E-state index contributed by atoms with van der Waals surface area (Å²) in [5, 5.41) is 0. The second-order valence-electron chi connectivity index (χ2n) is 5.64. The molecule has 0 fully saturated rings. The average Bonchev–Trinajstić information content (AvgIpc) is 2.56. The number of benzene rings is 2. The van der Waals surface area contributed by atoms with Crippen LogP contribution in [0.1, 0.15) is 34.8 Å². The minimum Gasteiger partial charge on any atom is -0.366 e. The van der Waals surface area contributed by atoms with E-state index in [1.54, 1.807) is 6.07 Å². The zero-order valence-electron chi connectivity index (χ0n) is 12.9. The van der Waals surface area contributed by atoms with Gasteiger partial charge in [-0.3, -0.25) is 4.79 Å². The monoisotopic (exact) mass is 292 g/mol. The van der Waals surface area contributed by atoms with Crippen LogP contribution >= 0.6 is 0 Å². The molecule has 0 saturated heterocycles. The first-order valence-corrected chi connectivity index (χ1v) is 7.51. The third-order valence-corrected chi connectivity index (χ3v) is 4.63. The molecule has 2 N–H and O–H groups in total. The molecule has 3 rings (SSSR count). The van der Waals surface area contributed by atoms with Gasteiger partial charge in [-0.2, -0.15) is 0 Å². The van der Waals surface area contributed by atoms with Gasteiger partial charge in [0.25, 0.3) is 0 Å². The van der Waals surface area contributed by atoms with Crippen LogP contribution in [-0.2, 0) is 5.54 Å². The lowest BCUT2D eigenvalue weighted by atomic mass is 9.79. The van der Waals surface area contributed by atoms with E-state index in [4.69, 9.17) is 5.73 Å². The molecule has 0 spiro atoms. The average molecular weight is 292 g/mol. The number of hydrogen-bond acceptors (Lipinski definition) is 2. The number of likely N-dealkylation sites (N-methyl/N-ethyl adjacent to an activating group) is 1. The van der Waals surface area contributed by atoms with E-state index in [-0.39, 0.29) is 11.4 Å². The maximum Gasteiger partial charge on any atom is 0.249 e. The molecule has 1 atom stereocenters. The molecule has 3 nitrogen and oxygen atoms in total. The van der Waals surface area contributed by atoms with E-state index in [1.165, 1.54) is 5.56 Å². The van der Waals surface area contributed by atoms with Gasteiger partial charge in [0.2, 0.25) is 5.91 Å². The molecule has 0 aromatic heterocycles. The highest BCUT2D eigenvalue weighted by molar-refractivity contribution is 5.95. The summed E-state index contributed by atoms with van der Waals surface area (Å²) < 4.78 is 0. The lowest BCUT2D eigenvalue weighted by molar-refractivity contribution is 0.0998. The highest BCUT2D eigenvalue weighted by Crippen LogP contribution is 2.43. The number of amides is 1. The summed E-state index contributed by atoms with van der Waals surface area (Å²) in [7, 11) is 2.07. The van der Waals surface area contributed by atoms with Crippen molar-refractivity contribution in [3.63, 3.8) is 0 Å². The Morgan fingerprint density at radius 3 is 2.55 bits per heavy atom. The molecule has 2 aromatic carbocycles. The Hall–Kier alpha value is -2.55. The summed E-state index contributed by atoms with van der Waals surface area (Å²) in [6.45, 7) is 2.13. The van der Waals surface area contributed by atoms with E-state index in [0.29, 0.717) is 5.56 Å². The van der Waals surface area contributed by atoms with Crippen molar-refractivity contribution in [1.82, 2.24) is 0 Å². The predicted octanol–water partition coefficient (Wildman–Crippen LogP) is 3.55. The van der Waals surface area contributed by atoms with Gasteiger partial charge in [-0.1, -0.05) is 55.5 Å². The van der Waals surface area contributed by atoms with Crippen LogP contribution in [0.4, 0.5) is 5.69 Å². The van der Waals surface area contributed by atoms with Gasteiger partial charge in [0.1, 0.15) is 0 Å². The summed E-state index contributed by atoms with van der Waals surface area (Å²) in [6, 6.07) is 15.9. The van der Waals surface area contributed by atoms with Gasteiger partial charge in [-0.05, 0) is 29.7 Å². The number of nitrogens with two attached hydrogens (primary N) is 1. The number of carbonyl (C=O) groups is 1. The van der Waals surface area contributed by atoms with Gasteiger partial charge in [-0.25, -0.2) is 0 Å². The predicted molar refractivity (Wildman–Crippen MR) is 90.8 cm³/mol. The molecule has 2 aromatic rings. The smallest absolute Gasteiger partial charge is 0.249 e. The SMILES string of the molecule is CCC1(c2ccccc2C(N)=O)C=Cc2ccccc2N1C. The number of fused-ring (bicyclic) bond motifs is 1. The lowest BCUT2D eigenvalue weighted by Crippen LogP contribution is -2.45. The number of rotatable bonds is 3. The normalized spacial score (nSPS) is 19.8. The van der Waals surface area contributed by atoms with Gasteiger partial charge >= 0.3 is 0 Å². The second-order valence-corrected chi connectivity index (χ2v) is 5.64. The number of hydrogen-bond donors (Lipinski definition) is 1. The van der Waals surface area contributed by atoms with Crippen LogP contribution in [0.2, 0.25) is 0 Å². The minimum absolute atomic E-state index is 0.361. The quantitative estimate of drug-likeness (QED) is 0.940. The number of para-hydroxylation sites is 1. The highest BCUT2D eigenvalue weighted by Gasteiger charge is 2.37. The molecule has 0 radical (unpaired) electrons. The molecule has 3 heteroatoms. The van der Waals surface area contributed by atoms with Crippen molar-refractivity contribution in [3.8, 4) is 0 Å². The Labute approximate surface area is 131 Å². The van der Waals surface area contributed by atoms with E-state index in [2.05, 4.69) is 43.2 Å². The second kappa shape index (κ2) is 5.34. The third-order valence-electron chi connectivity index (χ3n) is 4.63. The molecule has 22 heavy (non-hydrogen) atoms. The third kappa shape index (κ3) is 2.01. The minimum atomic E-state index is -0.385. The lowest BCUT2D eigenvalue weighted by Gasteiger charge is -2.45. The van der Waals surface area contributed by atoms with Crippen molar-refractivity contribution < 1.29 is 4.79 Å². The largest absolute Gasteiger partial charge is 0.366 e. The Morgan fingerprint density at radius 2 is 1.82 bits per heavy atom. The zero-order chi connectivity index (χ0) is 15.7. The van der Waals surface area contributed by atoms with Crippen LogP contribution in [0.5, 0.6) is 0 Å². The number of primary amides is 1. The summed E-state index contributed by atoms with van der Waals surface area (Å²) in [6.07, 6.45) is 5.16. The summed E-state index contributed by atoms with van der Waals surface area (Å²) >= 11 is 0. The molecule has 0 saturated carbocycles. The molecule has 1 aliphatic rings. The Balaban J connectivity index is 2.22. The van der Waals surface area contributed by atoms with E-state index in [9.17, 15) is 4.79 Å². The molecule has 112 valence electrons. The molecular weight excluding hydrogens is 272 g/mol. The van der Waals surface area contributed by atoms with Crippen LogP contribution in [0.25, 0.3) is 6.08 Å². The highest BCUT2D eigenvalue weighted by atomic mass is 16.1. The first-order chi connectivity index (χ1) is 10.6. The van der Waals surface area contributed by atoms with Gasteiger partial charge in [-0.15, -0.1) is 0 Å². The molecule has 0 aliphatic carbocycles.